The lowest BCUT2D eigenvalue weighted by Gasteiger charge is -2.46. The van der Waals surface area contributed by atoms with Crippen LogP contribution < -0.4 is 5.32 Å². The summed E-state index contributed by atoms with van der Waals surface area (Å²) in [7, 11) is 0. The van der Waals surface area contributed by atoms with Crippen molar-refractivity contribution in [1.82, 2.24) is 5.32 Å². The number of carbonyl (C=O) groups is 2. The third-order valence-corrected chi connectivity index (χ3v) is 15.0. The molecule has 0 bridgehead atoms. The van der Waals surface area contributed by atoms with Gasteiger partial charge in [-0.05, 0) is 103 Å². The van der Waals surface area contributed by atoms with E-state index in [1.165, 1.54) is 139 Å². The molecule has 58 heavy (non-hydrogen) atoms. The van der Waals surface area contributed by atoms with Gasteiger partial charge in [-0.3, -0.25) is 9.59 Å². The number of hydrogen-bond acceptors (Lipinski definition) is 7. The molecule has 1 saturated heterocycles. The lowest BCUT2D eigenvalue weighted by Crippen LogP contribution is -2.60. The number of aliphatic carboxylic acids is 1. The highest BCUT2D eigenvalue weighted by Gasteiger charge is 2.45. The standard InChI is InChI=1S/C50H87NO4S3/c1-10-12-14-16-18-20-22-24-26-28-30-40-31-33-41(34-32-40)42(36-47(3,4)44(52)53)37-50(9,45(54)55-43-38-48(5,6)51-49(7,8)39-43)58-46(56)57-35-29-27-25-23-21-19-17-15-13-11-2/h31-34,42-43,51H,10-30,35-39H2,1-9H3,(H,52,53). The molecule has 1 aromatic carbocycles. The molecule has 2 rings (SSSR count). The molecule has 1 aromatic rings. The molecule has 1 fully saturated rings. The summed E-state index contributed by atoms with van der Waals surface area (Å²) in [5, 5.41) is 14.0. The summed E-state index contributed by atoms with van der Waals surface area (Å²) < 4.78 is 6.28. The number of piperidine rings is 1. The van der Waals surface area contributed by atoms with Crippen LogP contribution in [0.4, 0.5) is 0 Å². The monoisotopic (exact) mass is 862 g/mol. The quantitative estimate of drug-likeness (QED) is 0.0434. The van der Waals surface area contributed by atoms with Gasteiger partial charge >= 0.3 is 11.9 Å². The van der Waals surface area contributed by atoms with Crippen molar-refractivity contribution < 1.29 is 19.4 Å². The number of carboxylic acids is 1. The van der Waals surface area contributed by atoms with E-state index in [2.05, 4.69) is 71.1 Å². The van der Waals surface area contributed by atoms with Gasteiger partial charge in [0.2, 0.25) is 0 Å². The molecule has 0 spiro atoms. The van der Waals surface area contributed by atoms with Crippen LogP contribution in [0.25, 0.3) is 0 Å². The number of carbonyl (C=O) groups excluding carboxylic acids is 1. The van der Waals surface area contributed by atoms with Gasteiger partial charge in [0.25, 0.3) is 0 Å². The van der Waals surface area contributed by atoms with Crippen molar-refractivity contribution in [2.24, 2.45) is 5.41 Å². The first kappa shape index (κ1) is 53.0. The number of thioether (sulfide) groups is 2. The summed E-state index contributed by atoms with van der Waals surface area (Å²) in [6.45, 7) is 18.8. The number of thiocarbonyl (C=S) groups is 1. The van der Waals surface area contributed by atoms with Gasteiger partial charge in [-0.1, -0.05) is 178 Å². The van der Waals surface area contributed by atoms with Gasteiger partial charge in [-0.25, -0.2) is 0 Å². The number of unbranched alkanes of at least 4 members (excludes halogenated alkanes) is 18. The van der Waals surface area contributed by atoms with Gasteiger partial charge in [-0.15, -0.1) is 11.8 Å². The smallest absolute Gasteiger partial charge is 0.322 e. The molecular formula is C50H87NO4S3. The Bertz CT molecular complexity index is 1300. The number of carboxylic acid groups (broad SMARTS) is 1. The maximum atomic E-state index is 14.6. The fourth-order valence-corrected chi connectivity index (χ4v) is 12.1. The van der Waals surface area contributed by atoms with Gasteiger partial charge < -0.3 is 15.2 Å². The fourth-order valence-electron chi connectivity index (χ4n) is 8.97. The normalized spacial score (nSPS) is 17.1. The van der Waals surface area contributed by atoms with E-state index in [9.17, 15) is 14.7 Å². The van der Waals surface area contributed by atoms with Crippen molar-refractivity contribution in [3.8, 4) is 0 Å². The zero-order valence-electron chi connectivity index (χ0n) is 38.7. The van der Waals surface area contributed by atoms with Crippen LogP contribution in [0.3, 0.4) is 0 Å². The van der Waals surface area contributed by atoms with Crippen molar-refractivity contribution in [2.75, 3.05) is 5.75 Å². The summed E-state index contributed by atoms with van der Waals surface area (Å²) in [5.41, 5.74) is 1.09. The molecule has 5 nitrogen and oxygen atoms in total. The first-order valence-corrected chi connectivity index (χ1v) is 25.8. The molecule has 2 N–H and O–H groups in total. The summed E-state index contributed by atoms with van der Waals surface area (Å²) in [6.07, 6.45) is 29.3. The Morgan fingerprint density at radius 3 is 1.66 bits per heavy atom. The number of rotatable bonds is 31. The van der Waals surface area contributed by atoms with Crippen LogP contribution in [-0.4, -0.2) is 48.3 Å². The predicted molar refractivity (Wildman–Crippen MR) is 259 cm³/mol. The molecule has 8 heteroatoms. The topological polar surface area (TPSA) is 75.6 Å². The lowest BCUT2D eigenvalue weighted by atomic mass is 9.76. The number of nitrogens with one attached hydrogen (secondary N) is 1. The number of hydrogen-bond donors (Lipinski definition) is 2. The molecule has 0 saturated carbocycles. The van der Waals surface area contributed by atoms with Crippen LogP contribution in [-0.2, 0) is 20.7 Å². The molecule has 0 aliphatic carbocycles. The first-order valence-electron chi connectivity index (χ1n) is 23.6. The van der Waals surface area contributed by atoms with E-state index in [0.29, 0.717) is 12.8 Å². The van der Waals surface area contributed by atoms with E-state index >= 15 is 0 Å². The Hall–Kier alpha value is -1.09. The Labute approximate surface area is 371 Å². The maximum absolute atomic E-state index is 14.6. The van der Waals surface area contributed by atoms with Gasteiger partial charge in [0, 0.05) is 23.9 Å². The van der Waals surface area contributed by atoms with Crippen LogP contribution in [0, 0.1) is 5.41 Å². The van der Waals surface area contributed by atoms with Crippen LogP contribution in [0.5, 0.6) is 0 Å². The molecule has 0 amide bonds. The largest absolute Gasteiger partial charge is 0.481 e. The summed E-state index contributed by atoms with van der Waals surface area (Å²) in [4.78, 5) is 27.1. The minimum Gasteiger partial charge on any atom is -0.481 e. The molecule has 1 heterocycles. The second kappa shape index (κ2) is 27.8. The zero-order chi connectivity index (χ0) is 43.1. The minimum atomic E-state index is -0.977. The van der Waals surface area contributed by atoms with Gasteiger partial charge in [0.1, 0.15) is 14.4 Å². The summed E-state index contributed by atoms with van der Waals surface area (Å²) in [6, 6.07) is 8.80. The van der Waals surface area contributed by atoms with E-state index in [1.54, 1.807) is 25.6 Å². The fraction of sp³-hybridized carbons (Fsp3) is 0.820. The maximum Gasteiger partial charge on any atom is 0.322 e. The number of esters is 1. The van der Waals surface area contributed by atoms with Crippen LogP contribution in [0.2, 0.25) is 0 Å². The SMILES string of the molecule is CCCCCCCCCCCCSC(=S)SC(C)(CC(CC(C)(C)C(=O)O)c1ccc(CCCCCCCCCCCC)cc1)C(=O)OC1CC(C)(C)NC(C)(C)C1. The van der Waals surface area contributed by atoms with E-state index in [4.69, 9.17) is 17.0 Å². The first-order chi connectivity index (χ1) is 27.4. The molecule has 2 unspecified atom stereocenters. The number of ether oxygens (including phenoxy) is 1. The van der Waals surface area contributed by atoms with Gasteiger partial charge in [-0.2, -0.15) is 0 Å². The van der Waals surface area contributed by atoms with Gasteiger partial charge in [0.15, 0.2) is 0 Å². The van der Waals surface area contributed by atoms with Crippen LogP contribution in [0.1, 0.15) is 233 Å². The number of benzene rings is 1. The van der Waals surface area contributed by atoms with E-state index < -0.39 is 16.1 Å². The molecular weight excluding hydrogens is 775 g/mol. The molecule has 1 aliphatic heterocycles. The van der Waals surface area contributed by atoms with Crippen molar-refractivity contribution in [3.63, 3.8) is 0 Å². The van der Waals surface area contributed by atoms with Crippen molar-refractivity contribution in [2.45, 2.75) is 251 Å². The second-order valence-electron chi connectivity index (χ2n) is 19.9. The highest BCUT2D eigenvalue weighted by Crippen LogP contribution is 2.45. The highest BCUT2D eigenvalue weighted by atomic mass is 32.2. The van der Waals surface area contributed by atoms with Crippen molar-refractivity contribution in [1.29, 1.82) is 0 Å². The van der Waals surface area contributed by atoms with Crippen LogP contribution in [0.15, 0.2) is 24.3 Å². The highest BCUT2D eigenvalue weighted by molar-refractivity contribution is 8.47. The van der Waals surface area contributed by atoms with E-state index in [-0.39, 0.29) is 29.1 Å². The summed E-state index contributed by atoms with van der Waals surface area (Å²) in [5.74, 6) is -0.291. The lowest BCUT2D eigenvalue weighted by molar-refractivity contribution is -0.156. The third-order valence-electron chi connectivity index (χ3n) is 12.1. The number of aryl methyl sites for hydroxylation is 1. The van der Waals surface area contributed by atoms with Gasteiger partial charge in [0.05, 0.1) is 5.41 Å². The molecule has 334 valence electrons. The summed E-state index contributed by atoms with van der Waals surface area (Å²) >= 11 is 9.17. The Balaban J connectivity index is 2.16. The zero-order valence-corrected chi connectivity index (χ0v) is 41.2. The molecule has 0 radical (unpaired) electrons. The second-order valence-corrected chi connectivity index (χ2v) is 23.7. The van der Waals surface area contributed by atoms with Crippen molar-refractivity contribution >= 4 is 51.2 Å². The Morgan fingerprint density at radius 1 is 0.741 bits per heavy atom. The molecule has 2 atom stereocenters. The Kier molecular flexibility index (Phi) is 25.4. The minimum absolute atomic E-state index is 0.167. The molecule has 0 aromatic heterocycles. The predicted octanol–water partition coefficient (Wildman–Crippen LogP) is 15.4. The van der Waals surface area contributed by atoms with Crippen LogP contribution >= 0.6 is 35.7 Å². The van der Waals surface area contributed by atoms with E-state index in [0.717, 1.165) is 40.5 Å². The average Bonchev–Trinajstić information content (AvgIpc) is 3.13. The average molecular weight is 862 g/mol. The van der Waals surface area contributed by atoms with E-state index in [1.807, 2.05) is 6.92 Å². The third kappa shape index (κ3) is 22.1. The Morgan fingerprint density at radius 2 is 1.19 bits per heavy atom. The van der Waals surface area contributed by atoms with Crippen molar-refractivity contribution in [3.05, 3.63) is 35.4 Å². The molecule has 1 aliphatic rings.